The molecule has 0 saturated heterocycles. The fourth-order valence-corrected chi connectivity index (χ4v) is 1.16. The van der Waals surface area contributed by atoms with Gasteiger partial charge in [0, 0.05) is 6.08 Å². The van der Waals surface area contributed by atoms with Crippen molar-refractivity contribution < 1.29 is 9.53 Å². The Morgan fingerprint density at radius 3 is 2.57 bits per heavy atom. The maximum absolute atomic E-state index is 10.8. The summed E-state index contributed by atoms with van der Waals surface area (Å²) in [6.45, 7) is 2.04. The predicted octanol–water partition coefficient (Wildman–Crippen LogP) is 2.52. The Balaban J connectivity index is 2.63. The Hall–Kier alpha value is -1.57. The first-order valence-corrected chi connectivity index (χ1v) is 4.55. The highest BCUT2D eigenvalue weighted by Gasteiger charge is 2.00. The first kappa shape index (κ1) is 10.5. The lowest BCUT2D eigenvalue weighted by Gasteiger charge is -2.04. The highest BCUT2D eigenvalue weighted by molar-refractivity contribution is 5.81. The minimum Gasteiger partial charge on any atom is -0.466 e. The molecule has 0 fully saturated rings. The molecule has 1 rings (SSSR count). The van der Waals surface area contributed by atoms with Gasteiger partial charge in [0.2, 0.25) is 0 Å². The van der Waals surface area contributed by atoms with E-state index in [-0.39, 0.29) is 11.9 Å². The quantitative estimate of drug-likeness (QED) is 0.540. The number of methoxy groups -OCH3 is 1. The number of rotatable bonds is 3. The molecule has 0 aliphatic rings. The predicted molar refractivity (Wildman–Crippen MR) is 56.0 cm³/mol. The van der Waals surface area contributed by atoms with Crippen LogP contribution in [0.4, 0.5) is 0 Å². The van der Waals surface area contributed by atoms with Crippen LogP contribution in [0.2, 0.25) is 0 Å². The van der Waals surface area contributed by atoms with Gasteiger partial charge in [0.25, 0.3) is 0 Å². The molecule has 0 radical (unpaired) electrons. The smallest absolute Gasteiger partial charge is 0.330 e. The van der Waals surface area contributed by atoms with Crippen molar-refractivity contribution in [2.24, 2.45) is 0 Å². The van der Waals surface area contributed by atoms with E-state index in [9.17, 15) is 4.79 Å². The molecule has 0 heterocycles. The molecule has 1 atom stereocenters. The minimum absolute atomic E-state index is 0.232. The van der Waals surface area contributed by atoms with E-state index in [1.807, 2.05) is 43.3 Å². The van der Waals surface area contributed by atoms with E-state index in [0.717, 1.165) is 0 Å². The summed E-state index contributed by atoms with van der Waals surface area (Å²) in [4.78, 5) is 10.8. The van der Waals surface area contributed by atoms with Crippen LogP contribution in [0, 0.1) is 0 Å². The molecule has 0 unspecified atom stereocenters. The van der Waals surface area contributed by atoms with Crippen LogP contribution in [0.25, 0.3) is 0 Å². The summed E-state index contributed by atoms with van der Waals surface area (Å²) in [6.07, 6.45) is 3.29. The van der Waals surface area contributed by atoms with Crippen molar-refractivity contribution in [1.82, 2.24) is 0 Å². The fourth-order valence-electron chi connectivity index (χ4n) is 1.16. The van der Waals surface area contributed by atoms with Crippen molar-refractivity contribution in [1.29, 1.82) is 0 Å². The lowest BCUT2D eigenvalue weighted by molar-refractivity contribution is -0.134. The number of hydrogen-bond acceptors (Lipinski definition) is 2. The molecule has 0 spiro atoms. The summed E-state index contributed by atoms with van der Waals surface area (Å²) in [5.41, 5.74) is 1.19. The molecule has 74 valence electrons. The van der Waals surface area contributed by atoms with E-state index in [0.29, 0.717) is 0 Å². The van der Waals surface area contributed by atoms with Gasteiger partial charge in [-0.3, -0.25) is 0 Å². The van der Waals surface area contributed by atoms with Crippen LogP contribution < -0.4 is 0 Å². The Morgan fingerprint density at radius 2 is 2.00 bits per heavy atom. The van der Waals surface area contributed by atoms with Gasteiger partial charge in [0.05, 0.1) is 7.11 Å². The number of benzene rings is 1. The SMILES string of the molecule is COC(=O)/C=C/[C@H](C)c1ccccc1. The van der Waals surface area contributed by atoms with Crippen molar-refractivity contribution in [3.63, 3.8) is 0 Å². The summed E-state index contributed by atoms with van der Waals surface area (Å²) >= 11 is 0. The van der Waals surface area contributed by atoms with Crippen molar-refractivity contribution in [2.75, 3.05) is 7.11 Å². The lowest BCUT2D eigenvalue weighted by atomic mass is 10.0. The molecule has 0 aliphatic carbocycles. The molecule has 1 aromatic rings. The van der Waals surface area contributed by atoms with Crippen molar-refractivity contribution >= 4 is 5.97 Å². The molecular weight excluding hydrogens is 176 g/mol. The van der Waals surface area contributed by atoms with E-state index >= 15 is 0 Å². The van der Waals surface area contributed by atoms with Gasteiger partial charge in [-0.1, -0.05) is 43.3 Å². The number of carbonyl (C=O) groups is 1. The summed E-state index contributed by atoms with van der Waals surface area (Å²) in [6, 6.07) is 10.0. The molecule has 0 aromatic heterocycles. The maximum Gasteiger partial charge on any atom is 0.330 e. The molecule has 0 aliphatic heterocycles. The zero-order valence-corrected chi connectivity index (χ0v) is 8.44. The average Bonchev–Trinajstić information content (AvgIpc) is 2.26. The van der Waals surface area contributed by atoms with E-state index < -0.39 is 0 Å². The number of hydrogen-bond donors (Lipinski definition) is 0. The Morgan fingerprint density at radius 1 is 1.36 bits per heavy atom. The topological polar surface area (TPSA) is 26.3 Å². The highest BCUT2D eigenvalue weighted by Crippen LogP contribution is 2.15. The average molecular weight is 190 g/mol. The third kappa shape index (κ3) is 3.05. The second-order valence-electron chi connectivity index (χ2n) is 3.08. The summed E-state index contributed by atoms with van der Waals surface area (Å²) in [5, 5.41) is 0. The maximum atomic E-state index is 10.8. The summed E-state index contributed by atoms with van der Waals surface area (Å²) in [7, 11) is 1.37. The van der Waals surface area contributed by atoms with Gasteiger partial charge < -0.3 is 4.74 Å². The number of ether oxygens (including phenoxy) is 1. The molecular formula is C12H14O2. The molecule has 0 N–H and O–H groups in total. The third-order valence-corrected chi connectivity index (χ3v) is 2.05. The van der Waals surface area contributed by atoms with Crippen LogP contribution >= 0.6 is 0 Å². The van der Waals surface area contributed by atoms with Gasteiger partial charge in [0.15, 0.2) is 0 Å². The number of carbonyl (C=O) groups excluding carboxylic acids is 1. The van der Waals surface area contributed by atoms with Crippen molar-refractivity contribution in [3.05, 3.63) is 48.0 Å². The zero-order valence-electron chi connectivity index (χ0n) is 8.44. The molecule has 2 heteroatoms. The number of allylic oxidation sites excluding steroid dienone is 1. The largest absolute Gasteiger partial charge is 0.466 e. The lowest BCUT2D eigenvalue weighted by Crippen LogP contribution is -1.96. The Labute approximate surface area is 84.2 Å². The van der Waals surface area contributed by atoms with Crippen molar-refractivity contribution in [2.45, 2.75) is 12.8 Å². The molecule has 0 amide bonds. The van der Waals surface area contributed by atoms with Gasteiger partial charge in [-0.15, -0.1) is 0 Å². The van der Waals surface area contributed by atoms with Crippen LogP contribution in [0.15, 0.2) is 42.5 Å². The van der Waals surface area contributed by atoms with E-state index in [1.54, 1.807) is 0 Å². The first-order chi connectivity index (χ1) is 6.74. The van der Waals surface area contributed by atoms with Gasteiger partial charge in [-0.2, -0.15) is 0 Å². The summed E-state index contributed by atoms with van der Waals surface area (Å²) < 4.78 is 4.51. The normalized spacial score (nSPS) is 12.7. The Bertz CT molecular complexity index is 314. The van der Waals surface area contributed by atoms with Crippen LogP contribution in [0.3, 0.4) is 0 Å². The van der Waals surface area contributed by atoms with Gasteiger partial charge in [-0.25, -0.2) is 4.79 Å². The van der Waals surface area contributed by atoms with Gasteiger partial charge in [0.1, 0.15) is 0 Å². The van der Waals surface area contributed by atoms with E-state index in [1.165, 1.54) is 18.7 Å². The van der Waals surface area contributed by atoms with Crippen LogP contribution in [-0.2, 0) is 9.53 Å². The highest BCUT2D eigenvalue weighted by atomic mass is 16.5. The van der Waals surface area contributed by atoms with Gasteiger partial charge >= 0.3 is 5.97 Å². The van der Waals surface area contributed by atoms with Crippen LogP contribution in [-0.4, -0.2) is 13.1 Å². The molecule has 1 aromatic carbocycles. The second-order valence-corrected chi connectivity index (χ2v) is 3.08. The fraction of sp³-hybridized carbons (Fsp3) is 0.250. The molecule has 14 heavy (non-hydrogen) atoms. The molecule has 2 nitrogen and oxygen atoms in total. The zero-order chi connectivity index (χ0) is 10.4. The van der Waals surface area contributed by atoms with Crippen LogP contribution in [0.1, 0.15) is 18.4 Å². The van der Waals surface area contributed by atoms with Crippen LogP contribution in [0.5, 0.6) is 0 Å². The molecule has 0 bridgehead atoms. The second kappa shape index (κ2) is 5.22. The Kier molecular flexibility index (Phi) is 3.92. The minimum atomic E-state index is -0.312. The van der Waals surface area contributed by atoms with E-state index in [2.05, 4.69) is 4.74 Å². The molecule has 0 saturated carbocycles. The van der Waals surface area contributed by atoms with E-state index in [4.69, 9.17) is 0 Å². The number of esters is 1. The first-order valence-electron chi connectivity index (χ1n) is 4.55. The monoisotopic (exact) mass is 190 g/mol. The third-order valence-electron chi connectivity index (χ3n) is 2.05. The van der Waals surface area contributed by atoms with Gasteiger partial charge in [-0.05, 0) is 11.5 Å². The standard InChI is InChI=1S/C12H14O2/c1-10(8-9-12(13)14-2)11-6-4-3-5-7-11/h3-10H,1-2H3/b9-8+/t10-/m0/s1. The van der Waals surface area contributed by atoms with Crippen molar-refractivity contribution in [3.8, 4) is 0 Å². The summed E-state index contributed by atoms with van der Waals surface area (Å²) in [5.74, 6) is -0.0805.